The molecule has 1 aromatic rings. The van der Waals surface area contributed by atoms with E-state index in [2.05, 4.69) is 20.3 Å². The standard InChI is InChI=1S/C7H6BrF3O/c1-4(8)5-2-3-6(12-5)7(9,10)11/h2-4H,1H3. The molecule has 1 nitrogen and oxygen atoms in total. The van der Waals surface area contributed by atoms with Gasteiger partial charge in [-0.3, -0.25) is 0 Å². The van der Waals surface area contributed by atoms with Crippen molar-refractivity contribution in [3.63, 3.8) is 0 Å². The van der Waals surface area contributed by atoms with Gasteiger partial charge in [0.25, 0.3) is 0 Å². The van der Waals surface area contributed by atoms with Gasteiger partial charge in [-0.15, -0.1) is 0 Å². The fourth-order valence-corrected chi connectivity index (χ4v) is 0.965. The van der Waals surface area contributed by atoms with E-state index in [-0.39, 0.29) is 10.6 Å². The van der Waals surface area contributed by atoms with Crippen LogP contribution in [0.3, 0.4) is 0 Å². The van der Waals surface area contributed by atoms with Gasteiger partial charge in [-0.05, 0) is 19.1 Å². The minimum atomic E-state index is -4.39. The van der Waals surface area contributed by atoms with Crippen LogP contribution in [0.1, 0.15) is 23.3 Å². The number of alkyl halides is 4. The lowest BCUT2D eigenvalue weighted by Crippen LogP contribution is -2.02. The van der Waals surface area contributed by atoms with Gasteiger partial charge in [0.1, 0.15) is 5.76 Å². The van der Waals surface area contributed by atoms with Crippen molar-refractivity contribution >= 4 is 15.9 Å². The lowest BCUT2D eigenvalue weighted by atomic mass is 10.3. The molecule has 0 aromatic carbocycles. The van der Waals surface area contributed by atoms with E-state index >= 15 is 0 Å². The van der Waals surface area contributed by atoms with Gasteiger partial charge in [0.15, 0.2) is 0 Å². The van der Waals surface area contributed by atoms with Crippen LogP contribution in [0.25, 0.3) is 0 Å². The summed E-state index contributed by atoms with van der Waals surface area (Å²) < 4.78 is 40.4. The fourth-order valence-electron chi connectivity index (χ4n) is 0.719. The smallest absolute Gasteiger partial charge is 0.449 e. The van der Waals surface area contributed by atoms with E-state index in [4.69, 9.17) is 0 Å². The largest absolute Gasteiger partial charge is 0.455 e. The molecule has 0 aliphatic heterocycles. The molecule has 0 N–H and O–H groups in total. The number of rotatable bonds is 1. The molecule has 0 bridgehead atoms. The number of furan rings is 1. The molecule has 0 fully saturated rings. The molecule has 5 heteroatoms. The van der Waals surface area contributed by atoms with E-state index in [1.165, 1.54) is 6.07 Å². The van der Waals surface area contributed by atoms with E-state index < -0.39 is 11.9 Å². The zero-order valence-electron chi connectivity index (χ0n) is 6.15. The summed E-state index contributed by atoms with van der Waals surface area (Å²) in [6.07, 6.45) is -4.39. The zero-order chi connectivity index (χ0) is 9.35. The molecule has 1 heterocycles. The Morgan fingerprint density at radius 3 is 2.25 bits per heavy atom. The molecule has 0 spiro atoms. The van der Waals surface area contributed by atoms with Gasteiger partial charge >= 0.3 is 6.18 Å². The quantitative estimate of drug-likeness (QED) is 0.684. The highest BCUT2D eigenvalue weighted by atomic mass is 79.9. The maximum Gasteiger partial charge on any atom is 0.449 e. The van der Waals surface area contributed by atoms with E-state index in [1.807, 2.05) is 0 Å². The molecule has 0 aliphatic rings. The third kappa shape index (κ3) is 2.03. The minimum Gasteiger partial charge on any atom is -0.455 e. The molecule has 1 rings (SSSR count). The summed E-state index contributed by atoms with van der Waals surface area (Å²) in [5.41, 5.74) is 0. The first-order valence-electron chi connectivity index (χ1n) is 3.22. The molecule has 0 amide bonds. The van der Waals surface area contributed by atoms with Crippen LogP contribution in [0.5, 0.6) is 0 Å². The summed E-state index contributed by atoms with van der Waals surface area (Å²) in [6, 6.07) is 2.23. The molecule has 68 valence electrons. The lowest BCUT2D eigenvalue weighted by Gasteiger charge is -2.01. The third-order valence-corrected chi connectivity index (χ3v) is 1.75. The van der Waals surface area contributed by atoms with Gasteiger partial charge in [-0.2, -0.15) is 13.2 Å². The van der Waals surface area contributed by atoms with Gasteiger partial charge in [0, 0.05) is 0 Å². The molecule has 0 aliphatic carbocycles. The summed E-state index contributed by atoms with van der Waals surface area (Å²) in [4.78, 5) is -0.200. The molecular weight excluding hydrogens is 237 g/mol. The highest BCUT2D eigenvalue weighted by Crippen LogP contribution is 2.33. The molecular formula is C7H6BrF3O. The normalized spacial score (nSPS) is 14.8. The number of hydrogen-bond acceptors (Lipinski definition) is 1. The van der Waals surface area contributed by atoms with Crippen LogP contribution in [-0.4, -0.2) is 0 Å². The average molecular weight is 243 g/mol. The monoisotopic (exact) mass is 242 g/mol. The molecule has 0 radical (unpaired) electrons. The molecule has 0 saturated heterocycles. The number of halogens is 4. The van der Waals surface area contributed by atoms with Crippen molar-refractivity contribution in [3.8, 4) is 0 Å². The maximum atomic E-state index is 12.0. The van der Waals surface area contributed by atoms with E-state index in [9.17, 15) is 13.2 Å². The third-order valence-electron chi connectivity index (χ3n) is 1.30. The second-order valence-corrected chi connectivity index (χ2v) is 3.69. The van der Waals surface area contributed by atoms with Gasteiger partial charge in [0.2, 0.25) is 5.76 Å². The van der Waals surface area contributed by atoms with Crippen LogP contribution in [-0.2, 0) is 6.18 Å². The van der Waals surface area contributed by atoms with Crippen molar-refractivity contribution in [2.75, 3.05) is 0 Å². The highest BCUT2D eigenvalue weighted by Gasteiger charge is 2.34. The van der Waals surface area contributed by atoms with Crippen molar-refractivity contribution in [3.05, 3.63) is 23.7 Å². The molecule has 1 aromatic heterocycles. The van der Waals surface area contributed by atoms with E-state index in [0.29, 0.717) is 0 Å². The van der Waals surface area contributed by atoms with Crippen molar-refractivity contribution in [2.45, 2.75) is 17.9 Å². The van der Waals surface area contributed by atoms with Crippen LogP contribution in [0.15, 0.2) is 16.5 Å². The Bertz CT molecular complexity index is 264. The topological polar surface area (TPSA) is 13.1 Å². The molecule has 12 heavy (non-hydrogen) atoms. The van der Waals surface area contributed by atoms with Gasteiger partial charge < -0.3 is 4.42 Å². The van der Waals surface area contributed by atoms with Gasteiger partial charge in [-0.1, -0.05) is 15.9 Å². The fraction of sp³-hybridized carbons (Fsp3) is 0.429. The second-order valence-electron chi connectivity index (χ2n) is 2.32. The summed E-state index contributed by atoms with van der Waals surface area (Å²) in [7, 11) is 0. The zero-order valence-corrected chi connectivity index (χ0v) is 7.74. The molecule has 1 unspecified atom stereocenters. The van der Waals surface area contributed by atoms with Crippen molar-refractivity contribution in [1.82, 2.24) is 0 Å². The van der Waals surface area contributed by atoms with Crippen LogP contribution in [0.4, 0.5) is 13.2 Å². The van der Waals surface area contributed by atoms with Crippen LogP contribution in [0, 0.1) is 0 Å². The Morgan fingerprint density at radius 2 is 2.00 bits per heavy atom. The first-order valence-corrected chi connectivity index (χ1v) is 4.14. The highest BCUT2D eigenvalue weighted by molar-refractivity contribution is 9.09. The summed E-state index contributed by atoms with van der Waals surface area (Å²) in [5, 5.41) is 0. The predicted octanol–water partition coefficient (Wildman–Crippen LogP) is 3.75. The predicted molar refractivity (Wildman–Crippen MR) is 41.1 cm³/mol. The van der Waals surface area contributed by atoms with Crippen molar-refractivity contribution in [1.29, 1.82) is 0 Å². The van der Waals surface area contributed by atoms with Gasteiger partial charge in [0.05, 0.1) is 4.83 Å². The Kier molecular flexibility index (Phi) is 2.51. The van der Waals surface area contributed by atoms with Crippen molar-refractivity contribution in [2.24, 2.45) is 0 Å². The van der Waals surface area contributed by atoms with Crippen LogP contribution < -0.4 is 0 Å². The average Bonchev–Trinajstić information content (AvgIpc) is 2.30. The summed E-state index contributed by atoms with van der Waals surface area (Å²) >= 11 is 3.10. The van der Waals surface area contributed by atoms with E-state index in [0.717, 1.165) is 6.07 Å². The Hall–Kier alpha value is -0.450. The van der Waals surface area contributed by atoms with Gasteiger partial charge in [-0.25, -0.2) is 0 Å². The van der Waals surface area contributed by atoms with Crippen molar-refractivity contribution < 1.29 is 17.6 Å². The van der Waals surface area contributed by atoms with E-state index in [1.54, 1.807) is 6.92 Å². The second kappa shape index (κ2) is 3.12. The Labute approximate surface area is 75.7 Å². The maximum absolute atomic E-state index is 12.0. The number of hydrogen-bond donors (Lipinski definition) is 0. The summed E-state index contributed by atoms with van der Waals surface area (Å²) in [6.45, 7) is 1.69. The first kappa shape index (κ1) is 9.64. The summed E-state index contributed by atoms with van der Waals surface area (Å²) in [5.74, 6) is -0.675. The lowest BCUT2D eigenvalue weighted by molar-refractivity contribution is -0.153. The Balaban J connectivity index is 2.92. The van der Waals surface area contributed by atoms with Crippen LogP contribution >= 0.6 is 15.9 Å². The SMILES string of the molecule is CC(Br)c1ccc(C(F)(F)F)o1. The first-order chi connectivity index (χ1) is 5.41. The minimum absolute atomic E-state index is 0.200. The van der Waals surface area contributed by atoms with Crippen LogP contribution in [0.2, 0.25) is 0 Å². The molecule has 0 saturated carbocycles. The molecule has 1 atom stereocenters. The Morgan fingerprint density at radius 1 is 1.42 bits per heavy atom.